The van der Waals surface area contributed by atoms with Gasteiger partial charge in [-0.2, -0.15) is 0 Å². The van der Waals surface area contributed by atoms with Crippen molar-refractivity contribution < 1.29 is 18.8 Å². The summed E-state index contributed by atoms with van der Waals surface area (Å²) in [4.78, 5) is 40.9. The zero-order chi connectivity index (χ0) is 21.3. The van der Waals surface area contributed by atoms with Crippen LogP contribution in [0.15, 0.2) is 16.7 Å². The zero-order valence-electron chi connectivity index (χ0n) is 17.9. The predicted molar refractivity (Wildman–Crippen MR) is 111 cm³/mol. The van der Waals surface area contributed by atoms with Gasteiger partial charge in [-0.15, -0.1) is 0 Å². The van der Waals surface area contributed by atoms with Crippen LogP contribution in [0, 0.1) is 11.3 Å². The van der Waals surface area contributed by atoms with E-state index >= 15 is 0 Å². The lowest BCUT2D eigenvalue weighted by molar-refractivity contribution is -0.122. The molecule has 2 saturated heterocycles. The van der Waals surface area contributed by atoms with Gasteiger partial charge < -0.3 is 24.9 Å². The Hall–Kier alpha value is -2.51. The third kappa shape index (κ3) is 3.91. The van der Waals surface area contributed by atoms with Crippen molar-refractivity contribution >= 4 is 17.8 Å². The number of hydrogen-bond donors (Lipinski definition) is 2. The number of nitrogens with one attached hydrogen (secondary N) is 2. The molecule has 164 valence electrons. The van der Waals surface area contributed by atoms with Gasteiger partial charge in [0, 0.05) is 43.7 Å². The second-order valence-corrected chi connectivity index (χ2v) is 9.28. The number of carbonyl (C=O) groups excluding carboxylic acids is 3. The molecule has 8 nitrogen and oxygen atoms in total. The Morgan fingerprint density at radius 2 is 2.20 bits per heavy atom. The van der Waals surface area contributed by atoms with Gasteiger partial charge in [0.2, 0.25) is 5.91 Å². The van der Waals surface area contributed by atoms with Gasteiger partial charge in [0.25, 0.3) is 5.91 Å². The van der Waals surface area contributed by atoms with E-state index in [1.54, 1.807) is 11.2 Å². The average Bonchev–Trinajstić information content (AvgIpc) is 3.42. The van der Waals surface area contributed by atoms with Crippen LogP contribution in [0.1, 0.15) is 61.6 Å². The molecule has 2 aliphatic heterocycles. The molecule has 1 aliphatic carbocycles. The Labute approximate surface area is 177 Å². The van der Waals surface area contributed by atoms with Crippen LogP contribution in [0.4, 0.5) is 4.79 Å². The second kappa shape index (κ2) is 8.32. The summed E-state index contributed by atoms with van der Waals surface area (Å²) in [6.45, 7) is 7.36. The maximum atomic E-state index is 13.1. The predicted octanol–water partition coefficient (Wildman–Crippen LogP) is 2.18. The Kier molecular flexibility index (Phi) is 5.75. The third-order valence-electron chi connectivity index (χ3n) is 6.98. The topological polar surface area (TPSA) is 94.9 Å². The van der Waals surface area contributed by atoms with Crippen LogP contribution in [0.5, 0.6) is 0 Å². The van der Waals surface area contributed by atoms with Gasteiger partial charge in [-0.25, -0.2) is 4.79 Å². The lowest BCUT2D eigenvalue weighted by Crippen LogP contribution is -2.51. The molecule has 0 radical (unpaired) electrons. The van der Waals surface area contributed by atoms with Crippen molar-refractivity contribution in [3.05, 3.63) is 23.7 Å². The highest BCUT2D eigenvalue weighted by atomic mass is 16.3. The Bertz CT molecular complexity index is 820. The summed E-state index contributed by atoms with van der Waals surface area (Å²) in [6.07, 6.45) is 5.64. The third-order valence-corrected chi connectivity index (χ3v) is 6.98. The molecule has 0 unspecified atom stereocenters. The molecule has 0 bridgehead atoms. The van der Waals surface area contributed by atoms with Crippen LogP contribution >= 0.6 is 0 Å². The summed E-state index contributed by atoms with van der Waals surface area (Å²) in [5.41, 5.74) is 0.860. The zero-order valence-corrected chi connectivity index (χ0v) is 17.9. The standard InChI is InChI=1S/C22H32N4O4/c1-15(2)17-6-10-30-19(17)20(28)26-11-16-5-3-7-22(16,14-26)13-24-18(27)12-25-9-4-8-23-21(25)29/h6,10,15-16H,3-5,7-9,11-14H2,1-2H3,(H,23,29)(H,24,27)/t16-,22-/m0/s1. The molecule has 30 heavy (non-hydrogen) atoms. The van der Waals surface area contributed by atoms with E-state index in [9.17, 15) is 14.4 Å². The highest BCUT2D eigenvalue weighted by Gasteiger charge is 2.51. The maximum Gasteiger partial charge on any atom is 0.317 e. The van der Waals surface area contributed by atoms with Crippen molar-refractivity contribution in [2.45, 2.75) is 45.4 Å². The van der Waals surface area contributed by atoms with E-state index in [0.717, 1.165) is 31.2 Å². The Morgan fingerprint density at radius 3 is 2.97 bits per heavy atom. The normalized spacial score (nSPS) is 26.1. The van der Waals surface area contributed by atoms with Crippen LogP contribution in [-0.2, 0) is 4.79 Å². The fourth-order valence-corrected chi connectivity index (χ4v) is 5.28. The van der Waals surface area contributed by atoms with Crippen LogP contribution in [0.25, 0.3) is 0 Å². The first kappa shape index (κ1) is 20.8. The molecule has 4 rings (SSSR count). The summed E-state index contributed by atoms with van der Waals surface area (Å²) in [5.74, 6) is 0.876. The van der Waals surface area contributed by atoms with Crippen molar-refractivity contribution in [1.29, 1.82) is 0 Å². The van der Waals surface area contributed by atoms with Crippen molar-refractivity contribution in [2.24, 2.45) is 11.3 Å². The van der Waals surface area contributed by atoms with Gasteiger partial charge >= 0.3 is 6.03 Å². The van der Waals surface area contributed by atoms with E-state index in [1.807, 2.05) is 11.0 Å². The number of amides is 4. The molecular formula is C22H32N4O4. The largest absolute Gasteiger partial charge is 0.459 e. The van der Waals surface area contributed by atoms with Crippen LogP contribution in [0.3, 0.4) is 0 Å². The van der Waals surface area contributed by atoms with Gasteiger partial charge in [-0.05, 0) is 37.2 Å². The van der Waals surface area contributed by atoms with Crippen molar-refractivity contribution in [2.75, 3.05) is 39.3 Å². The number of hydrogen-bond acceptors (Lipinski definition) is 4. The summed E-state index contributed by atoms with van der Waals surface area (Å²) in [5, 5.41) is 5.82. The fourth-order valence-electron chi connectivity index (χ4n) is 5.28. The minimum atomic E-state index is -0.176. The molecule has 1 saturated carbocycles. The minimum absolute atomic E-state index is 0.0474. The highest BCUT2D eigenvalue weighted by Crippen LogP contribution is 2.48. The number of likely N-dealkylation sites (tertiary alicyclic amines) is 1. The van der Waals surface area contributed by atoms with E-state index in [0.29, 0.717) is 44.4 Å². The van der Waals surface area contributed by atoms with Gasteiger partial charge in [0.05, 0.1) is 6.26 Å². The van der Waals surface area contributed by atoms with Gasteiger partial charge in [0.15, 0.2) is 5.76 Å². The monoisotopic (exact) mass is 416 g/mol. The molecule has 3 fully saturated rings. The molecule has 2 atom stereocenters. The molecule has 2 N–H and O–H groups in total. The first-order chi connectivity index (χ1) is 14.4. The summed E-state index contributed by atoms with van der Waals surface area (Å²) in [7, 11) is 0. The number of furan rings is 1. The molecule has 3 heterocycles. The molecule has 4 amide bonds. The Morgan fingerprint density at radius 1 is 1.37 bits per heavy atom. The average molecular weight is 417 g/mol. The van der Waals surface area contributed by atoms with Crippen molar-refractivity contribution in [1.82, 2.24) is 20.4 Å². The number of fused-ring (bicyclic) bond motifs is 1. The first-order valence-corrected chi connectivity index (χ1v) is 11.1. The maximum absolute atomic E-state index is 13.1. The summed E-state index contributed by atoms with van der Waals surface area (Å²) in [6, 6.07) is 1.70. The lowest BCUT2D eigenvalue weighted by atomic mass is 9.80. The lowest BCUT2D eigenvalue weighted by Gasteiger charge is -2.30. The van der Waals surface area contributed by atoms with Gasteiger partial charge in [0.1, 0.15) is 6.54 Å². The Balaban J connectivity index is 1.38. The summed E-state index contributed by atoms with van der Waals surface area (Å²) < 4.78 is 5.54. The van der Waals surface area contributed by atoms with Crippen molar-refractivity contribution in [3.63, 3.8) is 0 Å². The minimum Gasteiger partial charge on any atom is -0.459 e. The molecule has 1 aromatic rings. The van der Waals surface area contributed by atoms with E-state index in [1.165, 1.54) is 0 Å². The number of carbonyl (C=O) groups is 3. The molecule has 0 aromatic carbocycles. The molecular weight excluding hydrogens is 384 g/mol. The smallest absolute Gasteiger partial charge is 0.317 e. The second-order valence-electron chi connectivity index (χ2n) is 9.28. The number of urea groups is 1. The van der Waals surface area contributed by atoms with Gasteiger partial charge in [-0.1, -0.05) is 20.3 Å². The molecule has 1 aromatic heterocycles. The molecule has 3 aliphatic rings. The first-order valence-electron chi connectivity index (χ1n) is 11.1. The highest BCUT2D eigenvalue weighted by molar-refractivity contribution is 5.93. The number of rotatable bonds is 6. The van der Waals surface area contributed by atoms with Crippen LogP contribution in [-0.4, -0.2) is 66.9 Å². The number of nitrogens with zero attached hydrogens (tertiary/aromatic N) is 2. The SMILES string of the molecule is CC(C)c1ccoc1C(=O)N1C[C@@H]2CCC[C@]2(CNC(=O)CN2CCCNC2=O)C1. The van der Waals surface area contributed by atoms with E-state index < -0.39 is 0 Å². The van der Waals surface area contributed by atoms with Crippen LogP contribution in [0.2, 0.25) is 0 Å². The van der Waals surface area contributed by atoms with E-state index in [-0.39, 0.29) is 35.7 Å². The molecule has 0 spiro atoms. The van der Waals surface area contributed by atoms with E-state index in [4.69, 9.17) is 4.42 Å². The van der Waals surface area contributed by atoms with E-state index in [2.05, 4.69) is 24.5 Å². The fraction of sp³-hybridized carbons (Fsp3) is 0.682. The van der Waals surface area contributed by atoms with Crippen molar-refractivity contribution in [3.8, 4) is 0 Å². The molecule has 8 heteroatoms. The quantitative estimate of drug-likeness (QED) is 0.743. The summed E-state index contributed by atoms with van der Waals surface area (Å²) >= 11 is 0. The van der Waals surface area contributed by atoms with Gasteiger partial charge in [-0.3, -0.25) is 9.59 Å². The van der Waals surface area contributed by atoms with Crippen LogP contribution < -0.4 is 10.6 Å².